The van der Waals surface area contributed by atoms with Gasteiger partial charge >= 0.3 is 0 Å². The number of rotatable bonds is 10. The van der Waals surface area contributed by atoms with Crippen LogP contribution in [0.5, 0.6) is 5.88 Å². The Kier molecular flexibility index (Phi) is 8.50. The molecule has 0 saturated carbocycles. The molecule has 1 rings (SSSR count). The molecule has 1 unspecified atom stereocenters. The van der Waals surface area contributed by atoms with Crippen LogP contribution in [0.4, 0.5) is 0 Å². The van der Waals surface area contributed by atoms with Crippen LogP contribution in [0.3, 0.4) is 0 Å². The van der Waals surface area contributed by atoms with Crippen LogP contribution in [-0.4, -0.2) is 40.0 Å². The Balaban J connectivity index is 1.94. The molecule has 0 fully saturated rings. The van der Waals surface area contributed by atoms with E-state index in [4.69, 9.17) is 9.29 Å². The number of nitrogens with zero attached hydrogens (tertiary/aromatic N) is 1. The van der Waals surface area contributed by atoms with E-state index < -0.39 is 9.05 Å². The average Bonchev–Trinajstić information content (AvgIpc) is 2.37. The van der Waals surface area contributed by atoms with Crippen molar-refractivity contribution in [2.75, 3.05) is 26.3 Å². The minimum absolute atomic E-state index is 0.123. The highest BCUT2D eigenvalue weighted by Gasteiger charge is 1.98. The first kappa shape index (κ1) is 17.7. The summed E-state index contributed by atoms with van der Waals surface area (Å²) in [4.78, 5) is 4.10. The summed E-state index contributed by atoms with van der Waals surface area (Å²) in [6.07, 6.45) is 3.51. The molecule has 0 bridgehead atoms. The molecular weight excluding hydrogens is 368 g/mol. The molecule has 0 aliphatic rings. The Morgan fingerprint density at radius 3 is 2.80 bits per heavy atom. The Labute approximate surface area is 132 Å². The number of halogens is 1. The third-order valence-electron chi connectivity index (χ3n) is 2.21. The van der Waals surface area contributed by atoms with E-state index in [2.05, 4.69) is 41.6 Å². The van der Waals surface area contributed by atoms with Crippen LogP contribution in [-0.2, 0) is 24.4 Å². The molecule has 9 heteroatoms. The summed E-state index contributed by atoms with van der Waals surface area (Å²) < 4.78 is 30.2. The summed E-state index contributed by atoms with van der Waals surface area (Å²) >= 11 is 7.49. The fourth-order valence-corrected chi connectivity index (χ4v) is 2.05. The van der Waals surface area contributed by atoms with Gasteiger partial charge in [0.1, 0.15) is 0 Å². The van der Waals surface area contributed by atoms with Gasteiger partial charge in [0.25, 0.3) is 9.05 Å². The maximum atomic E-state index is 10.6. The van der Waals surface area contributed by atoms with E-state index in [0.717, 1.165) is 23.9 Å². The van der Waals surface area contributed by atoms with E-state index in [0.29, 0.717) is 19.0 Å². The quantitative estimate of drug-likeness (QED) is 0.594. The van der Waals surface area contributed by atoms with Crippen LogP contribution in [0.2, 0.25) is 0 Å². The zero-order valence-electron chi connectivity index (χ0n) is 10.8. The summed E-state index contributed by atoms with van der Waals surface area (Å²) in [5.41, 5.74) is 0. The molecule has 0 radical (unpaired) electrons. The molecule has 1 atom stereocenters. The first-order chi connectivity index (χ1) is 9.47. The lowest BCUT2D eigenvalue weighted by Crippen LogP contribution is -2.22. The van der Waals surface area contributed by atoms with E-state index >= 15 is 0 Å². The van der Waals surface area contributed by atoms with Crippen molar-refractivity contribution in [2.45, 2.75) is 12.8 Å². The predicted molar refractivity (Wildman–Crippen MR) is 83.6 cm³/mol. The summed E-state index contributed by atoms with van der Waals surface area (Å²) in [6, 6.07) is 3.68. The molecule has 0 spiro atoms. The average molecular weight is 385 g/mol. The van der Waals surface area contributed by atoms with Crippen molar-refractivity contribution < 1.29 is 17.7 Å². The molecule has 1 aromatic heterocycles. The number of hydrogen-bond donors (Lipinski definition) is 2. The zero-order chi connectivity index (χ0) is 14.8. The Hall–Kier alpha value is -0.320. The van der Waals surface area contributed by atoms with E-state index in [1.165, 1.54) is 0 Å². The van der Waals surface area contributed by atoms with Crippen LogP contribution < -0.4 is 10.1 Å². The van der Waals surface area contributed by atoms with Crippen molar-refractivity contribution in [1.82, 2.24) is 10.3 Å². The van der Waals surface area contributed by atoms with Crippen LogP contribution in [0, 0.1) is 0 Å². The fraction of sp³-hybridized carbons (Fsp3) is 0.545. The number of ether oxygens (including phenoxy) is 1. The second-order valence-electron chi connectivity index (χ2n) is 3.87. The van der Waals surface area contributed by atoms with Crippen LogP contribution in [0.15, 0.2) is 22.8 Å². The second-order valence-corrected chi connectivity index (χ2v) is 7.14. The summed E-state index contributed by atoms with van der Waals surface area (Å²) in [5, 5.41) is 3.08. The maximum absolute atomic E-state index is 10.6. The van der Waals surface area contributed by atoms with Gasteiger partial charge in [-0.25, -0.2) is 4.98 Å². The lowest BCUT2D eigenvalue weighted by atomic mass is 10.3. The molecule has 0 aliphatic heterocycles. The van der Waals surface area contributed by atoms with Crippen molar-refractivity contribution in [1.29, 1.82) is 0 Å². The van der Waals surface area contributed by atoms with Crippen LogP contribution >= 0.6 is 15.9 Å². The molecule has 0 aromatic carbocycles. The summed E-state index contributed by atoms with van der Waals surface area (Å²) in [7, 11) is -3.50. The molecule has 1 aromatic rings. The highest BCUT2D eigenvalue weighted by Crippen LogP contribution is 2.12. The first-order valence-electron chi connectivity index (χ1n) is 6.04. The van der Waals surface area contributed by atoms with Gasteiger partial charge in [0.2, 0.25) is 5.88 Å². The zero-order valence-corrected chi connectivity index (χ0v) is 14.0. The van der Waals surface area contributed by atoms with E-state index in [-0.39, 0.29) is 6.61 Å². The fourth-order valence-electron chi connectivity index (χ4n) is 1.32. The number of nitrogens with one attached hydrogen (secondary N) is 1. The number of hydrogen-bond acceptors (Lipinski definition) is 6. The molecule has 0 saturated heterocycles. The SMILES string of the molecule is O=S(O)(=S)OCCNCCCCOc1ccc(Br)cn1. The van der Waals surface area contributed by atoms with E-state index in [1.54, 1.807) is 12.3 Å². The maximum Gasteiger partial charge on any atom is 0.266 e. The normalized spacial score (nSPS) is 13.9. The first-order valence-corrected chi connectivity index (χ1v) is 9.20. The topological polar surface area (TPSA) is 80.7 Å². The highest BCUT2D eigenvalue weighted by molar-refractivity contribution is 9.10. The molecule has 1 heterocycles. The molecular formula is C11H17BrN2O4S2. The monoisotopic (exact) mass is 384 g/mol. The van der Waals surface area contributed by atoms with Gasteiger partial charge in [-0.2, -0.15) is 4.21 Å². The van der Waals surface area contributed by atoms with Crippen molar-refractivity contribution in [2.24, 2.45) is 0 Å². The molecule has 0 amide bonds. The van der Waals surface area contributed by atoms with Gasteiger partial charge in [0.05, 0.1) is 13.2 Å². The molecule has 6 nitrogen and oxygen atoms in total. The number of pyridine rings is 1. The molecule has 114 valence electrons. The Morgan fingerprint density at radius 1 is 1.35 bits per heavy atom. The molecule has 20 heavy (non-hydrogen) atoms. The minimum atomic E-state index is -3.50. The number of unbranched alkanes of at least 4 members (excludes halogenated alkanes) is 1. The third kappa shape index (κ3) is 9.56. The van der Waals surface area contributed by atoms with Crippen LogP contribution in [0.1, 0.15) is 12.8 Å². The van der Waals surface area contributed by atoms with Crippen LogP contribution in [0.25, 0.3) is 0 Å². The van der Waals surface area contributed by atoms with Crippen molar-refractivity contribution in [3.63, 3.8) is 0 Å². The van der Waals surface area contributed by atoms with Gasteiger partial charge < -0.3 is 10.1 Å². The standard InChI is InChI=1S/C11H17BrN2O4S2/c12-10-3-4-11(14-9-10)17-7-2-1-5-13-6-8-18-20(15,16)19/h3-4,9,13H,1-2,5-8H2,(H,15,16,19). The van der Waals surface area contributed by atoms with Crippen molar-refractivity contribution >= 4 is 36.2 Å². The Morgan fingerprint density at radius 2 is 2.15 bits per heavy atom. The smallest absolute Gasteiger partial charge is 0.266 e. The van der Waals surface area contributed by atoms with Gasteiger partial charge in [-0.1, -0.05) is 0 Å². The van der Waals surface area contributed by atoms with Gasteiger partial charge in [-0.15, -0.1) is 0 Å². The lowest BCUT2D eigenvalue weighted by Gasteiger charge is -2.06. The largest absolute Gasteiger partial charge is 0.478 e. The van der Waals surface area contributed by atoms with Gasteiger partial charge in [0.15, 0.2) is 0 Å². The van der Waals surface area contributed by atoms with E-state index in [1.807, 2.05) is 6.07 Å². The van der Waals surface area contributed by atoms with Crippen molar-refractivity contribution in [3.05, 3.63) is 22.8 Å². The third-order valence-corrected chi connectivity index (χ3v) is 3.43. The summed E-state index contributed by atoms with van der Waals surface area (Å²) in [5.74, 6) is 0.609. The Bertz CT molecular complexity index is 482. The van der Waals surface area contributed by atoms with E-state index in [9.17, 15) is 4.21 Å². The molecule has 0 aliphatic carbocycles. The summed E-state index contributed by atoms with van der Waals surface area (Å²) in [6.45, 7) is 2.00. The van der Waals surface area contributed by atoms with Gasteiger partial charge in [-0.05, 0) is 41.4 Å². The molecule has 2 N–H and O–H groups in total. The predicted octanol–water partition coefficient (Wildman–Crippen LogP) is 1.74. The minimum Gasteiger partial charge on any atom is -0.478 e. The number of aromatic nitrogens is 1. The van der Waals surface area contributed by atoms with Gasteiger partial charge in [0, 0.05) is 34.5 Å². The highest BCUT2D eigenvalue weighted by atomic mass is 79.9. The van der Waals surface area contributed by atoms with Gasteiger partial charge in [-0.3, -0.25) is 8.74 Å². The second kappa shape index (κ2) is 9.59. The lowest BCUT2D eigenvalue weighted by molar-refractivity contribution is 0.288. The van der Waals surface area contributed by atoms with Crippen molar-refractivity contribution in [3.8, 4) is 5.88 Å².